The van der Waals surface area contributed by atoms with Crippen molar-refractivity contribution in [1.82, 2.24) is 4.90 Å². The van der Waals surface area contributed by atoms with Gasteiger partial charge in [-0.15, -0.1) is 0 Å². The molecule has 1 unspecified atom stereocenters. The number of piperidine rings is 1. The van der Waals surface area contributed by atoms with E-state index in [0.29, 0.717) is 5.92 Å². The summed E-state index contributed by atoms with van der Waals surface area (Å²) in [6.07, 6.45) is 4.97. The fourth-order valence-corrected chi connectivity index (χ4v) is 3.25. The summed E-state index contributed by atoms with van der Waals surface area (Å²) in [5.74, 6) is 0.595. The van der Waals surface area contributed by atoms with Gasteiger partial charge in [0.2, 0.25) is 0 Å². The minimum atomic E-state index is 0.0805. The van der Waals surface area contributed by atoms with Gasteiger partial charge in [-0.1, -0.05) is 44.5 Å². The van der Waals surface area contributed by atoms with E-state index in [9.17, 15) is 0 Å². The quantitative estimate of drug-likeness (QED) is 0.889. The van der Waals surface area contributed by atoms with Gasteiger partial charge in [-0.2, -0.15) is 0 Å². The summed E-state index contributed by atoms with van der Waals surface area (Å²) < 4.78 is 0. The highest BCUT2D eigenvalue weighted by atomic mass is 15.2. The van der Waals surface area contributed by atoms with Gasteiger partial charge < -0.3 is 5.73 Å². The van der Waals surface area contributed by atoms with Gasteiger partial charge in [-0.25, -0.2) is 0 Å². The van der Waals surface area contributed by atoms with Gasteiger partial charge in [0.15, 0.2) is 0 Å². The maximum atomic E-state index is 6.57. The van der Waals surface area contributed by atoms with Crippen molar-refractivity contribution in [3.63, 3.8) is 0 Å². The summed E-state index contributed by atoms with van der Waals surface area (Å²) in [7, 11) is 0. The highest BCUT2D eigenvalue weighted by molar-refractivity contribution is 5.25. The second-order valence-electron chi connectivity index (χ2n) is 7.41. The molecule has 1 aliphatic heterocycles. The van der Waals surface area contributed by atoms with Crippen LogP contribution in [0.4, 0.5) is 0 Å². The van der Waals surface area contributed by atoms with Crippen LogP contribution < -0.4 is 5.73 Å². The molecule has 1 aromatic rings. The molecule has 21 heavy (non-hydrogen) atoms. The summed E-state index contributed by atoms with van der Waals surface area (Å²) in [6, 6.07) is 9.19. The molecule has 2 nitrogen and oxygen atoms in total. The Labute approximate surface area is 130 Å². The van der Waals surface area contributed by atoms with Crippen LogP contribution in [0.3, 0.4) is 0 Å². The fraction of sp³-hybridized carbons (Fsp3) is 0.684. The highest BCUT2D eigenvalue weighted by Crippen LogP contribution is 2.25. The van der Waals surface area contributed by atoms with Gasteiger partial charge >= 0.3 is 0 Å². The molecule has 0 saturated carbocycles. The van der Waals surface area contributed by atoms with Crippen LogP contribution in [0.2, 0.25) is 0 Å². The monoisotopic (exact) mass is 288 g/mol. The van der Waals surface area contributed by atoms with E-state index in [-0.39, 0.29) is 11.6 Å². The number of nitrogens with two attached hydrogens (primary N) is 1. The minimum absolute atomic E-state index is 0.0805. The van der Waals surface area contributed by atoms with E-state index in [2.05, 4.69) is 56.9 Å². The van der Waals surface area contributed by atoms with Crippen LogP contribution in [0.15, 0.2) is 24.3 Å². The molecule has 0 aromatic heterocycles. The Balaban J connectivity index is 2.00. The Morgan fingerprint density at radius 2 is 1.62 bits per heavy atom. The van der Waals surface area contributed by atoms with E-state index < -0.39 is 0 Å². The second-order valence-corrected chi connectivity index (χ2v) is 7.41. The Morgan fingerprint density at radius 3 is 2.14 bits per heavy atom. The van der Waals surface area contributed by atoms with E-state index in [1.54, 1.807) is 0 Å². The van der Waals surface area contributed by atoms with Crippen LogP contribution in [0, 0.1) is 0 Å². The number of hydrogen-bond donors (Lipinski definition) is 1. The third-order valence-corrected chi connectivity index (χ3v) is 5.18. The lowest BCUT2D eigenvalue weighted by Crippen LogP contribution is -2.58. The van der Waals surface area contributed by atoms with E-state index >= 15 is 0 Å². The van der Waals surface area contributed by atoms with Gasteiger partial charge in [0.25, 0.3) is 0 Å². The molecule has 1 heterocycles. The molecule has 1 fully saturated rings. The molecule has 1 aromatic carbocycles. The van der Waals surface area contributed by atoms with Gasteiger partial charge in [-0.05, 0) is 63.2 Å². The van der Waals surface area contributed by atoms with Crippen molar-refractivity contribution < 1.29 is 0 Å². The zero-order valence-electron chi connectivity index (χ0n) is 14.2. The first-order valence-electron chi connectivity index (χ1n) is 8.50. The summed E-state index contributed by atoms with van der Waals surface area (Å²) in [6.45, 7) is 11.5. The Kier molecular flexibility index (Phi) is 5.45. The molecule has 0 bridgehead atoms. The standard InChI is InChI=1S/C19H32N2/c1-15(2)17-10-8-16(9-11-17)14-18(20)19(3,4)21-12-6-5-7-13-21/h8-11,15,18H,5-7,12-14,20H2,1-4H3. The van der Waals surface area contributed by atoms with Gasteiger partial charge in [0, 0.05) is 11.6 Å². The lowest BCUT2D eigenvalue weighted by Gasteiger charge is -2.44. The Hall–Kier alpha value is -0.860. The molecule has 2 heteroatoms. The molecule has 2 rings (SSSR count). The van der Waals surface area contributed by atoms with E-state index in [0.717, 1.165) is 6.42 Å². The molecule has 1 atom stereocenters. The van der Waals surface area contributed by atoms with E-state index in [4.69, 9.17) is 5.73 Å². The normalized spacial score (nSPS) is 19.0. The van der Waals surface area contributed by atoms with E-state index in [1.807, 2.05) is 0 Å². The molecule has 1 saturated heterocycles. The largest absolute Gasteiger partial charge is 0.326 e. The van der Waals surface area contributed by atoms with Gasteiger partial charge in [0.05, 0.1) is 0 Å². The molecular formula is C19H32N2. The smallest absolute Gasteiger partial charge is 0.0307 e. The fourth-order valence-electron chi connectivity index (χ4n) is 3.25. The summed E-state index contributed by atoms with van der Waals surface area (Å²) >= 11 is 0. The number of benzene rings is 1. The van der Waals surface area contributed by atoms with Crippen LogP contribution in [-0.4, -0.2) is 29.6 Å². The van der Waals surface area contributed by atoms with Crippen molar-refractivity contribution in [1.29, 1.82) is 0 Å². The highest BCUT2D eigenvalue weighted by Gasteiger charge is 2.33. The molecular weight excluding hydrogens is 256 g/mol. The van der Waals surface area contributed by atoms with Gasteiger partial charge in [-0.3, -0.25) is 4.90 Å². The molecule has 0 spiro atoms. The molecule has 1 aliphatic rings. The van der Waals surface area contributed by atoms with Crippen LogP contribution in [-0.2, 0) is 6.42 Å². The van der Waals surface area contributed by atoms with Crippen molar-refractivity contribution in [2.24, 2.45) is 5.73 Å². The predicted molar refractivity (Wildman–Crippen MR) is 91.7 cm³/mol. The molecule has 118 valence electrons. The molecule has 0 aliphatic carbocycles. The predicted octanol–water partition coefficient (Wildman–Crippen LogP) is 3.94. The third-order valence-electron chi connectivity index (χ3n) is 5.18. The van der Waals surface area contributed by atoms with Crippen molar-refractivity contribution in [3.05, 3.63) is 35.4 Å². The summed E-state index contributed by atoms with van der Waals surface area (Å²) in [4.78, 5) is 2.59. The van der Waals surface area contributed by atoms with Crippen molar-refractivity contribution >= 4 is 0 Å². The third kappa shape index (κ3) is 4.08. The zero-order chi connectivity index (χ0) is 15.5. The van der Waals surface area contributed by atoms with Crippen LogP contribution in [0.5, 0.6) is 0 Å². The van der Waals surface area contributed by atoms with Crippen molar-refractivity contribution in [3.8, 4) is 0 Å². The number of likely N-dealkylation sites (tertiary alicyclic amines) is 1. The number of nitrogens with zero attached hydrogens (tertiary/aromatic N) is 1. The van der Waals surface area contributed by atoms with Gasteiger partial charge in [0.1, 0.15) is 0 Å². The second kappa shape index (κ2) is 6.93. The van der Waals surface area contributed by atoms with Crippen molar-refractivity contribution in [2.75, 3.05) is 13.1 Å². The first kappa shape index (κ1) is 16.5. The average molecular weight is 288 g/mol. The van der Waals surface area contributed by atoms with E-state index in [1.165, 1.54) is 43.5 Å². The SMILES string of the molecule is CC(C)c1ccc(CC(N)C(C)(C)N2CCCCC2)cc1. The maximum Gasteiger partial charge on any atom is 0.0307 e. The molecule has 0 amide bonds. The van der Waals surface area contributed by atoms with Crippen molar-refractivity contribution in [2.45, 2.75) is 70.9 Å². The number of hydrogen-bond acceptors (Lipinski definition) is 2. The molecule has 2 N–H and O–H groups in total. The maximum absolute atomic E-state index is 6.57. The lowest BCUT2D eigenvalue weighted by atomic mass is 9.86. The minimum Gasteiger partial charge on any atom is -0.326 e. The number of rotatable bonds is 5. The molecule has 0 radical (unpaired) electrons. The zero-order valence-corrected chi connectivity index (χ0v) is 14.2. The first-order chi connectivity index (χ1) is 9.91. The lowest BCUT2D eigenvalue weighted by molar-refractivity contribution is 0.0731. The average Bonchev–Trinajstić information content (AvgIpc) is 2.48. The van der Waals surface area contributed by atoms with Crippen LogP contribution in [0.1, 0.15) is 64.0 Å². The topological polar surface area (TPSA) is 29.3 Å². The Morgan fingerprint density at radius 1 is 1.05 bits per heavy atom. The summed E-state index contributed by atoms with van der Waals surface area (Å²) in [5, 5.41) is 0. The Bertz CT molecular complexity index is 427. The van der Waals surface area contributed by atoms with Crippen LogP contribution >= 0.6 is 0 Å². The summed E-state index contributed by atoms with van der Waals surface area (Å²) in [5.41, 5.74) is 9.41. The first-order valence-corrected chi connectivity index (χ1v) is 8.50. The van der Waals surface area contributed by atoms with Crippen LogP contribution in [0.25, 0.3) is 0 Å².